The molecule has 1 aromatic carbocycles. The van der Waals surface area contributed by atoms with Gasteiger partial charge in [0.1, 0.15) is 5.82 Å². The number of hydrogen-bond acceptors (Lipinski definition) is 3. The van der Waals surface area contributed by atoms with Crippen LogP contribution in [0.5, 0.6) is 0 Å². The number of benzene rings is 1. The van der Waals surface area contributed by atoms with Crippen LogP contribution in [0.4, 0.5) is 0 Å². The average molecular weight is 258 g/mol. The molecule has 2 heterocycles. The Morgan fingerprint density at radius 2 is 2.11 bits per heavy atom. The lowest BCUT2D eigenvalue weighted by Crippen LogP contribution is -2.43. The summed E-state index contributed by atoms with van der Waals surface area (Å²) in [6.45, 7) is 7.91. The molecule has 1 aliphatic heterocycles. The number of piperazine rings is 1. The number of aromatic nitrogens is 2. The van der Waals surface area contributed by atoms with Crippen molar-refractivity contribution in [2.45, 2.75) is 19.8 Å². The van der Waals surface area contributed by atoms with Crippen LogP contribution in [0.15, 0.2) is 18.2 Å². The van der Waals surface area contributed by atoms with E-state index in [0.29, 0.717) is 0 Å². The maximum absolute atomic E-state index is 4.65. The third-order valence-electron chi connectivity index (χ3n) is 3.78. The second kappa shape index (κ2) is 5.72. The largest absolute Gasteiger partial charge is 0.342 e. The van der Waals surface area contributed by atoms with E-state index in [1.54, 1.807) is 0 Å². The van der Waals surface area contributed by atoms with Gasteiger partial charge in [-0.3, -0.25) is 0 Å². The number of rotatable bonds is 4. The average Bonchev–Trinajstić information content (AvgIpc) is 2.82. The minimum atomic E-state index is 1.04. The van der Waals surface area contributed by atoms with Crippen LogP contribution in [0, 0.1) is 6.92 Å². The first-order valence-corrected chi connectivity index (χ1v) is 7.19. The van der Waals surface area contributed by atoms with Gasteiger partial charge in [-0.05, 0) is 37.6 Å². The summed E-state index contributed by atoms with van der Waals surface area (Å²) in [7, 11) is 0. The van der Waals surface area contributed by atoms with Crippen LogP contribution in [0.3, 0.4) is 0 Å². The first-order chi connectivity index (χ1) is 9.31. The van der Waals surface area contributed by atoms with E-state index in [9.17, 15) is 0 Å². The zero-order valence-electron chi connectivity index (χ0n) is 11.6. The first kappa shape index (κ1) is 12.6. The topological polar surface area (TPSA) is 44.0 Å². The van der Waals surface area contributed by atoms with Crippen molar-refractivity contribution in [3.05, 3.63) is 29.6 Å². The molecule has 4 nitrogen and oxygen atoms in total. The van der Waals surface area contributed by atoms with Gasteiger partial charge in [0.2, 0.25) is 0 Å². The van der Waals surface area contributed by atoms with Gasteiger partial charge in [-0.1, -0.05) is 6.07 Å². The van der Waals surface area contributed by atoms with Gasteiger partial charge in [0.15, 0.2) is 0 Å². The minimum absolute atomic E-state index is 1.04. The molecule has 0 atom stereocenters. The zero-order valence-corrected chi connectivity index (χ0v) is 11.6. The van der Waals surface area contributed by atoms with Crippen molar-refractivity contribution in [3.63, 3.8) is 0 Å². The number of nitrogens with zero attached hydrogens (tertiary/aromatic N) is 2. The van der Waals surface area contributed by atoms with Gasteiger partial charge in [-0.25, -0.2) is 4.98 Å². The number of imidazole rings is 1. The van der Waals surface area contributed by atoms with Crippen LogP contribution < -0.4 is 5.32 Å². The standard InChI is InChI=1S/C15H22N4/c1-12-4-5-13-14(11-12)18-15(17-13)3-2-8-19-9-6-16-7-10-19/h4-5,11,16H,2-3,6-10H2,1H3,(H,17,18). The molecular formula is C15H22N4. The summed E-state index contributed by atoms with van der Waals surface area (Å²) in [5.74, 6) is 1.12. The van der Waals surface area contributed by atoms with Gasteiger partial charge < -0.3 is 15.2 Å². The van der Waals surface area contributed by atoms with E-state index in [1.165, 1.54) is 31.6 Å². The summed E-state index contributed by atoms with van der Waals surface area (Å²) in [5, 5.41) is 3.39. The highest BCUT2D eigenvalue weighted by Gasteiger charge is 2.09. The molecule has 1 fully saturated rings. The van der Waals surface area contributed by atoms with E-state index in [1.807, 2.05) is 0 Å². The fraction of sp³-hybridized carbons (Fsp3) is 0.533. The zero-order chi connectivity index (χ0) is 13.1. The lowest BCUT2D eigenvalue weighted by Gasteiger charge is -2.26. The van der Waals surface area contributed by atoms with E-state index in [2.05, 4.69) is 45.3 Å². The van der Waals surface area contributed by atoms with E-state index < -0.39 is 0 Å². The molecule has 1 aromatic heterocycles. The predicted molar refractivity (Wildman–Crippen MR) is 78.5 cm³/mol. The molecule has 0 spiro atoms. The molecule has 0 saturated carbocycles. The molecule has 4 heteroatoms. The third kappa shape index (κ3) is 3.14. The molecule has 1 saturated heterocycles. The molecule has 102 valence electrons. The second-order valence-electron chi connectivity index (χ2n) is 5.40. The fourth-order valence-corrected chi connectivity index (χ4v) is 2.70. The summed E-state index contributed by atoms with van der Waals surface area (Å²) >= 11 is 0. The molecule has 0 amide bonds. The van der Waals surface area contributed by atoms with Gasteiger partial charge in [0.25, 0.3) is 0 Å². The van der Waals surface area contributed by atoms with Crippen LogP contribution in [0.2, 0.25) is 0 Å². The molecule has 0 bridgehead atoms. The molecule has 0 radical (unpaired) electrons. The van der Waals surface area contributed by atoms with Crippen LogP contribution >= 0.6 is 0 Å². The summed E-state index contributed by atoms with van der Waals surface area (Å²) in [6.07, 6.45) is 2.22. The molecule has 0 unspecified atom stereocenters. The van der Waals surface area contributed by atoms with Crippen molar-refractivity contribution in [1.82, 2.24) is 20.2 Å². The quantitative estimate of drug-likeness (QED) is 0.877. The van der Waals surface area contributed by atoms with E-state index >= 15 is 0 Å². The molecule has 1 aliphatic rings. The van der Waals surface area contributed by atoms with Crippen molar-refractivity contribution < 1.29 is 0 Å². The Hall–Kier alpha value is -1.39. The van der Waals surface area contributed by atoms with Crippen molar-refractivity contribution in [2.24, 2.45) is 0 Å². The van der Waals surface area contributed by atoms with Gasteiger partial charge in [0, 0.05) is 32.6 Å². The van der Waals surface area contributed by atoms with Crippen LogP contribution in [0.1, 0.15) is 17.8 Å². The lowest BCUT2D eigenvalue weighted by atomic mass is 10.2. The Bertz CT molecular complexity index is 540. The van der Waals surface area contributed by atoms with Gasteiger partial charge >= 0.3 is 0 Å². The Morgan fingerprint density at radius 1 is 1.26 bits per heavy atom. The SMILES string of the molecule is Cc1ccc2nc(CCCN3CCNCC3)[nH]c2c1. The lowest BCUT2D eigenvalue weighted by molar-refractivity contribution is 0.238. The monoisotopic (exact) mass is 258 g/mol. The van der Waals surface area contributed by atoms with Crippen molar-refractivity contribution in [1.29, 1.82) is 0 Å². The number of H-pyrrole nitrogens is 1. The molecule has 2 aromatic rings. The molecular weight excluding hydrogens is 236 g/mol. The second-order valence-corrected chi connectivity index (χ2v) is 5.40. The maximum atomic E-state index is 4.65. The first-order valence-electron chi connectivity index (χ1n) is 7.19. The van der Waals surface area contributed by atoms with E-state index in [4.69, 9.17) is 0 Å². The van der Waals surface area contributed by atoms with Crippen molar-refractivity contribution in [3.8, 4) is 0 Å². The molecule has 19 heavy (non-hydrogen) atoms. The smallest absolute Gasteiger partial charge is 0.107 e. The molecule has 2 N–H and O–H groups in total. The highest BCUT2D eigenvalue weighted by Crippen LogP contribution is 2.14. The minimum Gasteiger partial charge on any atom is -0.342 e. The van der Waals surface area contributed by atoms with Crippen LogP contribution in [0.25, 0.3) is 11.0 Å². The van der Waals surface area contributed by atoms with Gasteiger partial charge in [-0.2, -0.15) is 0 Å². The molecule has 3 rings (SSSR count). The highest BCUT2D eigenvalue weighted by molar-refractivity contribution is 5.75. The fourth-order valence-electron chi connectivity index (χ4n) is 2.70. The normalized spacial score (nSPS) is 17.1. The van der Waals surface area contributed by atoms with Crippen molar-refractivity contribution in [2.75, 3.05) is 32.7 Å². The summed E-state index contributed by atoms with van der Waals surface area (Å²) in [5.41, 5.74) is 3.53. The Morgan fingerprint density at radius 3 is 2.95 bits per heavy atom. The number of aromatic amines is 1. The van der Waals surface area contributed by atoms with Crippen LogP contribution in [-0.4, -0.2) is 47.6 Å². The van der Waals surface area contributed by atoms with E-state index in [0.717, 1.165) is 36.4 Å². The summed E-state index contributed by atoms with van der Waals surface area (Å²) in [4.78, 5) is 10.6. The third-order valence-corrected chi connectivity index (χ3v) is 3.78. The number of fused-ring (bicyclic) bond motifs is 1. The Kier molecular flexibility index (Phi) is 3.80. The van der Waals surface area contributed by atoms with E-state index in [-0.39, 0.29) is 0 Å². The Labute approximate surface area is 114 Å². The van der Waals surface area contributed by atoms with Crippen LogP contribution in [-0.2, 0) is 6.42 Å². The predicted octanol–water partition coefficient (Wildman–Crippen LogP) is 1.71. The van der Waals surface area contributed by atoms with Gasteiger partial charge in [0.05, 0.1) is 11.0 Å². The number of nitrogens with one attached hydrogen (secondary N) is 2. The Balaban J connectivity index is 1.56. The summed E-state index contributed by atoms with van der Waals surface area (Å²) < 4.78 is 0. The highest BCUT2D eigenvalue weighted by atomic mass is 15.2. The summed E-state index contributed by atoms with van der Waals surface area (Å²) in [6, 6.07) is 6.39. The van der Waals surface area contributed by atoms with Crippen molar-refractivity contribution >= 4 is 11.0 Å². The number of aryl methyl sites for hydroxylation is 2. The maximum Gasteiger partial charge on any atom is 0.107 e. The van der Waals surface area contributed by atoms with Gasteiger partial charge in [-0.15, -0.1) is 0 Å². The number of hydrogen-bond donors (Lipinski definition) is 2. The molecule has 0 aliphatic carbocycles.